The van der Waals surface area contributed by atoms with Crippen molar-refractivity contribution in [3.05, 3.63) is 11.8 Å². The van der Waals surface area contributed by atoms with Crippen molar-refractivity contribution in [1.29, 1.82) is 0 Å². The van der Waals surface area contributed by atoms with E-state index in [-0.39, 0.29) is 4.84 Å². The van der Waals surface area contributed by atoms with Crippen LogP contribution in [0.25, 0.3) is 0 Å². The summed E-state index contributed by atoms with van der Waals surface area (Å²) in [7, 11) is 3.12. The van der Waals surface area contributed by atoms with Gasteiger partial charge in [0, 0.05) is 0 Å². The van der Waals surface area contributed by atoms with Crippen LogP contribution in [0.15, 0.2) is 11.8 Å². The molecule has 0 aromatic rings. The Labute approximate surface area is 56.9 Å². The Kier molecular flexibility index (Phi) is 5.05. The van der Waals surface area contributed by atoms with Gasteiger partial charge in [0.25, 0.3) is 0 Å². The fraction of sp³-hybridized carbons (Fsp3) is 0.500. The number of rotatable bonds is 2. The maximum absolute atomic E-state index is 5.35. The van der Waals surface area contributed by atoms with Gasteiger partial charge < -0.3 is 0 Å². The maximum Gasteiger partial charge on any atom is 0.111 e. The summed E-state index contributed by atoms with van der Waals surface area (Å²) in [6, 6.07) is 0. The molecule has 0 fully saturated rings. The van der Waals surface area contributed by atoms with Crippen molar-refractivity contribution in [3.8, 4) is 0 Å². The SMILES string of the molecule is [Si]C=CCC(Cl)Cl. The molecule has 0 aliphatic carbocycles. The summed E-state index contributed by atoms with van der Waals surface area (Å²) in [5, 5.41) is 0. The molecule has 0 aliphatic heterocycles. The third-order valence-electron chi connectivity index (χ3n) is 0.432. The van der Waals surface area contributed by atoms with Crippen molar-refractivity contribution < 1.29 is 0 Å². The molecule has 0 aromatic heterocycles. The molecular formula is C4H5Cl2Si. The van der Waals surface area contributed by atoms with E-state index in [0.29, 0.717) is 6.42 Å². The predicted molar refractivity (Wildman–Crippen MR) is 35.0 cm³/mol. The number of hydrogen-bond acceptors (Lipinski definition) is 0. The molecule has 0 bridgehead atoms. The molecule has 3 radical (unpaired) electrons. The van der Waals surface area contributed by atoms with Crippen molar-refractivity contribution >= 4 is 33.4 Å². The monoisotopic (exact) mass is 151 g/mol. The third kappa shape index (κ3) is 6.54. The van der Waals surface area contributed by atoms with Gasteiger partial charge >= 0.3 is 0 Å². The summed E-state index contributed by atoms with van der Waals surface area (Å²) in [5.74, 6) is 0. The molecule has 0 atom stereocenters. The largest absolute Gasteiger partial charge is 0.111 e. The van der Waals surface area contributed by atoms with Crippen LogP contribution in [0.3, 0.4) is 0 Å². The molecule has 0 saturated heterocycles. The first-order valence-corrected chi connectivity index (χ1v) is 3.33. The molecule has 39 valence electrons. The molecule has 0 unspecified atom stereocenters. The highest BCUT2D eigenvalue weighted by molar-refractivity contribution is 6.44. The Morgan fingerprint density at radius 1 is 1.57 bits per heavy atom. The van der Waals surface area contributed by atoms with Gasteiger partial charge in [0.2, 0.25) is 0 Å². The van der Waals surface area contributed by atoms with Gasteiger partial charge in [0.15, 0.2) is 0 Å². The van der Waals surface area contributed by atoms with Gasteiger partial charge in [-0.15, -0.1) is 28.9 Å². The summed E-state index contributed by atoms with van der Waals surface area (Å²) >= 11 is 10.7. The topological polar surface area (TPSA) is 0 Å². The van der Waals surface area contributed by atoms with E-state index in [2.05, 4.69) is 10.2 Å². The molecule has 0 aliphatic rings. The van der Waals surface area contributed by atoms with Gasteiger partial charge in [0.05, 0.1) is 10.2 Å². The molecule has 0 aromatic carbocycles. The molecule has 0 nitrogen and oxygen atoms in total. The molecule has 0 heterocycles. The van der Waals surface area contributed by atoms with Gasteiger partial charge in [-0.2, -0.15) is 0 Å². The van der Waals surface area contributed by atoms with Gasteiger partial charge in [-0.1, -0.05) is 6.08 Å². The van der Waals surface area contributed by atoms with Crippen LogP contribution < -0.4 is 0 Å². The zero-order valence-electron chi connectivity index (χ0n) is 3.70. The average Bonchev–Trinajstić information content (AvgIpc) is 1.61. The first-order chi connectivity index (χ1) is 3.27. The fourth-order valence-electron chi connectivity index (χ4n) is 0.171. The van der Waals surface area contributed by atoms with E-state index in [0.717, 1.165) is 0 Å². The molecule has 0 amide bonds. The smallest absolute Gasteiger partial charge is 0.106 e. The van der Waals surface area contributed by atoms with E-state index in [1.807, 2.05) is 6.08 Å². The number of alkyl halides is 2. The first kappa shape index (κ1) is 7.54. The van der Waals surface area contributed by atoms with Gasteiger partial charge in [-0.3, -0.25) is 0 Å². The van der Waals surface area contributed by atoms with Crippen LogP contribution in [0.5, 0.6) is 0 Å². The van der Waals surface area contributed by atoms with Crippen LogP contribution in [0.1, 0.15) is 6.42 Å². The summed E-state index contributed by atoms with van der Waals surface area (Å²) in [4.78, 5) is -0.271. The lowest BCUT2D eigenvalue weighted by molar-refractivity contribution is 1.16. The molecule has 3 heteroatoms. The van der Waals surface area contributed by atoms with E-state index in [4.69, 9.17) is 23.2 Å². The second kappa shape index (κ2) is 4.69. The van der Waals surface area contributed by atoms with E-state index in [9.17, 15) is 0 Å². The third-order valence-corrected chi connectivity index (χ3v) is 1.02. The van der Waals surface area contributed by atoms with Gasteiger partial charge in [-0.25, -0.2) is 0 Å². The van der Waals surface area contributed by atoms with Crippen molar-refractivity contribution in [2.45, 2.75) is 11.3 Å². The van der Waals surface area contributed by atoms with Crippen molar-refractivity contribution in [2.24, 2.45) is 0 Å². The summed E-state index contributed by atoms with van der Waals surface area (Å²) < 4.78 is 0. The lowest BCUT2D eigenvalue weighted by Crippen LogP contribution is -1.79. The van der Waals surface area contributed by atoms with Crippen molar-refractivity contribution in [3.63, 3.8) is 0 Å². The quantitative estimate of drug-likeness (QED) is 0.418. The number of allylic oxidation sites excluding steroid dienone is 1. The minimum Gasteiger partial charge on any atom is -0.106 e. The lowest BCUT2D eigenvalue weighted by Gasteiger charge is -1.88. The standard InChI is InChI=1S/C4H5Cl2Si/c5-4(6)2-1-3-7/h1,3-4H,2H2. The lowest BCUT2D eigenvalue weighted by atomic mass is 10.5. The summed E-state index contributed by atoms with van der Waals surface area (Å²) in [5.41, 5.74) is 1.73. The first-order valence-electron chi connectivity index (χ1n) is 1.87. The molecule has 0 rings (SSSR count). The Balaban J connectivity index is 2.97. The van der Waals surface area contributed by atoms with Crippen LogP contribution in [-0.4, -0.2) is 15.1 Å². The van der Waals surface area contributed by atoms with Crippen molar-refractivity contribution in [1.82, 2.24) is 0 Å². The normalized spacial score (nSPS) is 11.4. The molecule has 0 N–H and O–H groups in total. The van der Waals surface area contributed by atoms with Gasteiger partial charge in [-0.05, 0) is 6.42 Å². The van der Waals surface area contributed by atoms with Gasteiger partial charge in [0.1, 0.15) is 4.84 Å². The Morgan fingerprint density at radius 3 is 2.29 bits per heavy atom. The van der Waals surface area contributed by atoms with Crippen LogP contribution in [-0.2, 0) is 0 Å². The minimum atomic E-state index is -0.271. The highest BCUT2D eigenvalue weighted by Crippen LogP contribution is 2.05. The molecule has 0 spiro atoms. The molecule has 7 heavy (non-hydrogen) atoms. The zero-order valence-corrected chi connectivity index (χ0v) is 6.21. The molecule has 0 saturated carbocycles. The molecular weight excluding hydrogens is 147 g/mol. The van der Waals surface area contributed by atoms with Crippen LogP contribution in [0, 0.1) is 0 Å². The van der Waals surface area contributed by atoms with Crippen LogP contribution >= 0.6 is 23.2 Å². The maximum atomic E-state index is 5.35. The average molecular weight is 152 g/mol. The van der Waals surface area contributed by atoms with E-state index >= 15 is 0 Å². The number of hydrogen-bond donors (Lipinski definition) is 0. The Bertz CT molecular complexity index is 60.7. The van der Waals surface area contributed by atoms with Crippen LogP contribution in [0.4, 0.5) is 0 Å². The Morgan fingerprint density at radius 2 is 2.14 bits per heavy atom. The second-order valence-electron chi connectivity index (χ2n) is 1.03. The zero-order chi connectivity index (χ0) is 5.70. The number of halogens is 2. The Hall–Kier alpha value is 0.537. The summed E-state index contributed by atoms with van der Waals surface area (Å²) in [6.45, 7) is 0. The predicted octanol–water partition coefficient (Wildman–Crippen LogP) is 1.86. The minimum absolute atomic E-state index is 0.271. The second-order valence-corrected chi connectivity index (χ2v) is 2.64. The van der Waals surface area contributed by atoms with E-state index in [1.165, 1.54) is 0 Å². The summed E-state index contributed by atoms with van der Waals surface area (Å²) in [6.07, 6.45) is 2.55. The highest BCUT2D eigenvalue weighted by Gasteiger charge is 1.89. The fourth-order valence-corrected chi connectivity index (χ4v) is 0.513. The van der Waals surface area contributed by atoms with E-state index in [1.54, 1.807) is 5.70 Å². The van der Waals surface area contributed by atoms with E-state index < -0.39 is 0 Å². The van der Waals surface area contributed by atoms with Crippen LogP contribution in [0.2, 0.25) is 0 Å². The van der Waals surface area contributed by atoms with Crippen molar-refractivity contribution in [2.75, 3.05) is 0 Å². The highest BCUT2D eigenvalue weighted by atomic mass is 35.5.